The highest BCUT2D eigenvalue weighted by Crippen LogP contribution is 2.20. The molecule has 0 saturated carbocycles. The third-order valence-electron chi connectivity index (χ3n) is 3.59. The minimum atomic E-state index is -0.898. The topological polar surface area (TPSA) is 67.4 Å². The van der Waals surface area contributed by atoms with Crippen LogP contribution < -0.4 is 10.6 Å². The van der Waals surface area contributed by atoms with Crippen molar-refractivity contribution in [2.24, 2.45) is 5.92 Å². The van der Waals surface area contributed by atoms with Crippen molar-refractivity contribution in [3.63, 3.8) is 0 Å². The van der Waals surface area contributed by atoms with Crippen molar-refractivity contribution < 1.29 is 14.3 Å². The van der Waals surface area contributed by atoms with Crippen molar-refractivity contribution in [2.45, 2.75) is 32.4 Å². The van der Waals surface area contributed by atoms with E-state index in [4.69, 9.17) is 17.0 Å². The fourth-order valence-corrected chi connectivity index (χ4v) is 2.97. The van der Waals surface area contributed by atoms with Gasteiger partial charge in [-0.3, -0.25) is 9.59 Å². The molecule has 6 heteroatoms. The quantitative estimate of drug-likeness (QED) is 0.372. The molecule has 5 nitrogen and oxygen atoms in total. The van der Waals surface area contributed by atoms with E-state index in [0.29, 0.717) is 17.1 Å². The van der Waals surface area contributed by atoms with Gasteiger partial charge in [-0.05, 0) is 32.5 Å². The monoisotopic (exact) mass is 320 g/mol. The van der Waals surface area contributed by atoms with Crippen LogP contribution in [0.15, 0.2) is 30.3 Å². The smallest absolute Gasteiger partial charge is 0.318 e. The second-order valence-corrected chi connectivity index (χ2v) is 5.73. The molecule has 118 valence electrons. The van der Waals surface area contributed by atoms with E-state index >= 15 is 0 Å². The lowest BCUT2D eigenvalue weighted by Crippen LogP contribution is -2.58. The van der Waals surface area contributed by atoms with Gasteiger partial charge in [-0.25, -0.2) is 0 Å². The molecule has 2 N–H and O–H groups in total. The number of esters is 1. The fraction of sp³-hybridized carbons (Fsp3) is 0.438. The maximum Gasteiger partial charge on any atom is 0.318 e. The Morgan fingerprint density at radius 2 is 2.00 bits per heavy atom. The van der Waals surface area contributed by atoms with E-state index in [9.17, 15) is 9.59 Å². The van der Waals surface area contributed by atoms with Gasteiger partial charge in [0, 0.05) is 11.6 Å². The first-order valence-electron chi connectivity index (χ1n) is 7.35. The zero-order chi connectivity index (χ0) is 16.1. The third kappa shape index (κ3) is 3.82. The Balaban J connectivity index is 2.28. The van der Waals surface area contributed by atoms with Crippen LogP contribution in [0.3, 0.4) is 0 Å². The summed E-state index contributed by atoms with van der Waals surface area (Å²) in [5.41, 5.74) is 0.499. The molecular formula is C16H20N2O3S. The highest BCUT2D eigenvalue weighted by Gasteiger charge is 2.39. The van der Waals surface area contributed by atoms with Crippen molar-refractivity contribution in [3.8, 4) is 0 Å². The van der Waals surface area contributed by atoms with Crippen LogP contribution in [0, 0.1) is 5.92 Å². The Kier molecular flexibility index (Phi) is 5.49. The summed E-state index contributed by atoms with van der Waals surface area (Å²) in [4.78, 5) is 25.1. The number of ether oxygens (including phenoxy) is 1. The number of carbonyl (C=O) groups is 2. The van der Waals surface area contributed by atoms with Gasteiger partial charge >= 0.3 is 5.97 Å². The first kappa shape index (κ1) is 16.4. The van der Waals surface area contributed by atoms with Crippen molar-refractivity contribution in [1.82, 2.24) is 10.6 Å². The molecule has 0 radical (unpaired) electrons. The molecule has 1 aromatic rings. The molecule has 0 aromatic heterocycles. The molecule has 22 heavy (non-hydrogen) atoms. The van der Waals surface area contributed by atoms with Gasteiger partial charge in [0.05, 0.1) is 12.6 Å². The zero-order valence-electron chi connectivity index (χ0n) is 12.7. The van der Waals surface area contributed by atoms with Gasteiger partial charge in [0.15, 0.2) is 10.9 Å². The zero-order valence-corrected chi connectivity index (χ0v) is 13.5. The lowest BCUT2D eigenvalue weighted by Gasteiger charge is -2.34. The number of carbonyl (C=O) groups excluding carboxylic acids is 2. The number of Topliss-reactive ketones (excluding diaryl/α,β-unsaturated/α-hetero) is 1. The van der Waals surface area contributed by atoms with Crippen molar-refractivity contribution in [2.75, 3.05) is 6.61 Å². The average Bonchev–Trinajstić information content (AvgIpc) is 2.47. The fourth-order valence-electron chi connectivity index (χ4n) is 2.62. The summed E-state index contributed by atoms with van der Waals surface area (Å²) in [6.07, 6.45) is 0.613. The number of hydrogen-bond acceptors (Lipinski definition) is 4. The SMILES string of the molecule is CCOC(=O)[C@@H](C(=O)c1ccccc1)[C@@H]1C[C@H](C)NC(=S)N1. The van der Waals surface area contributed by atoms with Gasteiger partial charge < -0.3 is 15.4 Å². The standard InChI is InChI=1S/C16H20N2O3S/c1-3-21-15(20)13(12-9-10(2)17-16(22)18-12)14(19)11-7-5-4-6-8-11/h4-8,10,12-13H,3,9H2,1-2H3,(H2,17,18,22)/t10-,12-,13+/m0/s1. The molecule has 1 aliphatic rings. The Bertz CT molecular complexity index is 562. The van der Waals surface area contributed by atoms with Crippen LogP contribution in [-0.4, -0.2) is 35.6 Å². The minimum Gasteiger partial charge on any atom is -0.465 e. The maximum atomic E-state index is 12.8. The Labute approximate surface area is 135 Å². The number of nitrogens with one attached hydrogen (secondary N) is 2. The molecule has 3 atom stereocenters. The number of hydrogen-bond donors (Lipinski definition) is 2. The molecule has 0 unspecified atom stereocenters. The lowest BCUT2D eigenvalue weighted by molar-refractivity contribution is -0.147. The normalized spacial score (nSPS) is 22.2. The second kappa shape index (κ2) is 7.35. The highest BCUT2D eigenvalue weighted by atomic mass is 32.1. The van der Waals surface area contributed by atoms with Crippen molar-refractivity contribution in [1.29, 1.82) is 0 Å². The van der Waals surface area contributed by atoms with Gasteiger partial charge in [-0.1, -0.05) is 30.3 Å². The molecule has 1 aliphatic heterocycles. The minimum absolute atomic E-state index is 0.0965. The Hall–Kier alpha value is -1.95. The Morgan fingerprint density at radius 1 is 1.32 bits per heavy atom. The molecule has 2 rings (SSSR count). The third-order valence-corrected chi connectivity index (χ3v) is 3.82. The molecule has 0 bridgehead atoms. The summed E-state index contributed by atoms with van der Waals surface area (Å²) >= 11 is 5.15. The number of benzene rings is 1. The van der Waals surface area contributed by atoms with E-state index in [2.05, 4.69) is 10.6 Å². The Morgan fingerprint density at radius 3 is 2.59 bits per heavy atom. The summed E-state index contributed by atoms with van der Waals surface area (Å²) in [5.74, 6) is -1.65. The molecule has 1 saturated heterocycles. The van der Waals surface area contributed by atoms with E-state index < -0.39 is 11.9 Å². The number of rotatable bonds is 5. The van der Waals surface area contributed by atoms with Gasteiger partial charge in [0.1, 0.15) is 5.92 Å². The molecule has 1 heterocycles. The molecule has 0 aliphatic carbocycles. The average molecular weight is 320 g/mol. The highest BCUT2D eigenvalue weighted by molar-refractivity contribution is 7.80. The second-order valence-electron chi connectivity index (χ2n) is 5.32. The molecule has 1 fully saturated rings. The van der Waals surface area contributed by atoms with Gasteiger partial charge in [-0.15, -0.1) is 0 Å². The van der Waals surface area contributed by atoms with Crippen LogP contribution in [0.25, 0.3) is 0 Å². The predicted octanol–water partition coefficient (Wildman–Crippen LogP) is 1.67. The summed E-state index contributed by atoms with van der Waals surface area (Å²) in [5, 5.41) is 6.56. The summed E-state index contributed by atoms with van der Waals surface area (Å²) in [6, 6.07) is 8.52. The summed E-state index contributed by atoms with van der Waals surface area (Å²) in [7, 11) is 0. The van der Waals surface area contributed by atoms with Gasteiger partial charge in [-0.2, -0.15) is 0 Å². The van der Waals surface area contributed by atoms with Crippen LogP contribution in [0.2, 0.25) is 0 Å². The summed E-state index contributed by atoms with van der Waals surface area (Å²) in [6.45, 7) is 3.93. The maximum absolute atomic E-state index is 12.8. The van der Waals surface area contributed by atoms with Gasteiger partial charge in [0.2, 0.25) is 0 Å². The summed E-state index contributed by atoms with van der Waals surface area (Å²) < 4.78 is 5.11. The predicted molar refractivity (Wildman–Crippen MR) is 87.6 cm³/mol. The molecule has 0 spiro atoms. The van der Waals surface area contributed by atoms with Crippen LogP contribution in [0.1, 0.15) is 30.6 Å². The number of ketones is 1. The molecule has 1 aromatic carbocycles. The first-order valence-corrected chi connectivity index (χ1v) is 7.76. The number of thiocarbonyl (C=S) groups is 1. The van der Waals surface area contributed by atoms with E-state index in [1.807, 2.05) is 13.0 Å². The van der Waals surface area contributed by atoms with Gasteiger partial charge in [0.25, 0.3) is 0 Å². The van der Waals surface area contributed by atoms with Crippen LogP contribution >= 0.6 is 12.2 Å². The lowest BCUT2D eigenvalue weighted by atomic mass is 9.86. The van der Waals surface area contributed by atoms with Crippen LogP contribution in [-0.2, 0) is 9.53 Å². The van der Waals surface area contributed by atoms with E-state index in [1.54, 1.807) is 31.2 Å². The van der Waals surface area contributed by atoms with Crippen molar-refractivity contribution in [3.05, 3.63) is 35.9 Å². The molecule has 0 amide bonds. The van der Waals surface area contributed by atoms with E-state index in [-0.39, 0.29) is 24.5 Å². The van der Waals surface area contributed by atoms with E-state index in [1.165, 1.54) is 0 Å². The molecular weight excluding hydrogens is 300 g/mol. The largest absolute Gasteiger partial charge is 0.465 e. The van der Waals surface area contributed by atoms with E-state index in [0.717, 1.165) is 0 Å². The van der Waals surface area contributed by atoms with Crippen LogP contribution in [0.4, 0.5) is 0 Å². The van der Waals surface area contributed by atoms with Crippen LogP contribution in [0.5, 0.6) is 0 Å². The first-order chi connectivity index (χ1) is 10.5. The van der Waals surface area contributed by atoms with Crippen molar-refractivity contribution >= 4 is 29.1 Å².